The maximum absolute atomic E-state index is 11.9. The molecular weight excluding hydrogens is 332 g/mol. The number of rotatable bonds is 5. The number of carbonyl (C=O) groups excluding carboxylic acids is 3. The number of amides is 2. The molecule has 1 heterocycles. The molecule has 0 bridgehead atoms. The van der Waals surface area contributed by atoms with E-state index in [0.717, 1.165) is 24.8 Å². The number of nitrogens with zero attached hydrogens (tertiary/aromatic N) is 1. The number of anilines is 1. The van der Waals surface area contributed by atoms with Crippen LogP contribution < -0.4 is 5.32 Å². The minimum atomic E-state index is -0.580. The summed E-state index contributed by atoms with van der Waals surface area (Å²) in [6.45, 7) is 1.84. The summed E-state index contributed by atoms with van der Waals surface area (Å²) < 4.78 is 4.96. The molecule has 24 heavy (non-hydrogen) atoms. The molecule has 0 saturated carbocycles. The molecule has 1 aliphatic heterocycles. The van der Waals surface area contributed by atoms with Gasteiger partial charge in [0, 0.05) is 23.7 Å². The Hall–Kier alpha value is -2.08. The Bertz CT molecular complexity index is 633. The van der Waals surface area contributed by atoms with Gasteiger partial charge in [-0.3, -0.25) is 14.4 Å². The van der Waals surface area contributed by atoms with Gasteiger partial charge in [0.05, 0.1) is 0 Å². The Kier molecular flexibility index (Phi) is 6.61. The van der Waals surface area contributed by atoms with Crippen molar-refractivity contribution in [3.8, 4) is 0 Å². The van der Waals surface area contributed by atoms with Crippen LogP contribution in [-0.4, -0.2) is 42.4 Å². The zero-order chi connectivity index (χ0) is 17.5. The predicted molar refractivity (Wildman–Crippen MR) is 90.8 cm³/mol. The Morgan fingerprint density at radius 3 is 2.88 bits per heavy atom. The first kappa shape index (κ1) is 18.3. The van der Waals surface area contributed by atoms with Crippen LogP contribution in [-0.2, 0) is 19.1 Å². The minimum Gasteiger partial charge on any atom is -0.454 e. The van der Waals surface area contributed by atoms with E-state index >= 15 is 0 Å². The summed E-state index contributed by atoms with van der Waals surface area (Å²) in [5.41, 5.74) is 1.32. The van der Waals surface area contributed by atoms with Crippen molar-refractivity contribution in [3.63, 3.8) is 0 Å². The Morgan fingerprint density at radius 2 is 2.08 bits per heavy atom. The lowest BCUT2D eigenvalue weighted by Crippen LogP contribution is -2.36. The van der Waals surface area contributed by atoms with Gasteiger partial charge in [-0.2, -0.15) is 0 Å². The van der Waals surface area contributed by atoms with Gasteiger partial charge in [-0.15, -0.1) is 0 Å². The van der Waals surface area contributed by atoms with Crippen LogP contribution in [0.4, 0.5) is 5.69 Å². The average molecular weight is 353 g/mol. The molecule has 1 fully saturated rings. The first-order valence-electron chi connectivity index (χ1n) is 7.95. The van der Waals surface area contributed by atoms with E-state index in [9.17, 15) is 14.4 Å². The first-order valence-corrected chi connectivity index (χ1v) is 8.33. The van der Waals surface area contributed by atoms with Crippen molar-refractivity contribution < 1.29 is 19.1 Å². The molecule has 0 aliphatic carbocycles. The van der Waals surface area contributed by atoms with Crippen LogP contribution in [0.15, 0.2) is 18.2 Å². The van der Waals surface area contributed by atoms with E-state index in [1.807, 2.05) is 0 Å². The second-order valence-electron chi connectivity index (χ2n) is 5.75. The minimum absolute atomic E-state index is 0.0385. The molecule has 130 valence electrons. The highest BCUT2D eigenvalue weighted by Crippen LogP contribution is 2.22. The van der Waals surface area contributed by atoms with Crippen LogP contribution >= 0.6 is 11.6 Å². The zero-order valence-electron chi connectivity index (χ0n) is 13.6. The number of likely N-dealkylation sites (tertiary alicyclic amines) is 1. The molecule has 6 nitrogen and oxygen atoms in total. The van der Waals surface area contributed by atoms with Gasteiger partial charge in [0.15, 0.2) is 6.61 Å². The quantitative estimate of drug-likeness (QED) is 0.826. The summed E-state index contributed by atoms with van der Waals surface area (Å²) >= 11 is 5.99. The van der Waals surface area contributed by atoms with E-state index in [-0.39, 0.29) is 12.5 Å². The fourth-order valence-electron chi connectivity index (χ4n) is 2.48. The van der Waals surface area contributed by atoms with Gasteiger partial charge < -0.3 is 15.0 Å². The fraction of sp³-hybridized carbons (Fsp3) is 0.471. The number of hydrogen-bond donors (Lipinski definition) is 1. The molecule has 2 rings (SSSR count). The third kappa shape index (κ3) is 5.23. The molecule has 1 N–H and O–H groups in total. The van der Waals surface area contributed by atoms with E-state index in [1.165, 1.54) is 4.90 Å². The average Bonchev–Trinajstić information content (AvgIpc) is 2.75. The zero-order valence-corrected chi connectivity index (χ0v) is 14.4. The number of ether oxygens (including phenoxy) is 1. The van der Waals surface area contributed by atoms with Crippen molar-refractivity contribution in [2.24, 2.45) is 0 Å². The summed E-state index contributed by atoms with van der Waals surface area (Å²) in [5.74, 6) is -1.07. The van der Waals surface area contributed by atoms with Crippen LogP contribution in [0.2, 0.25) is 5.02 Å². The molecule has 7 heteroatoms. The van der Waals surface area contributed by atoms with Crippen molar-refractivity contribution in [2.75, 3.05) is 25.0 Å². The van der Waals surface area contributed by atoms with Gasteiger partial charge in [-0.05, 0) is 37.5 Å². The lowest BCUT2D eigenvalue weighted by atomic mass is 10.2. The number of esters is 1. The van der Waals surface area contributed by atoms with Gasteiger partial charge in [0.25, 0.3) is 5.91 Å². The van der Waals surface area contributed by atoms with Crippen LogP contribution in [0.1, 0.15) is 31.2 Å². The molecule has 0 spiro atoms. The largest absolute Gasteiger partial charge is 0.454 e. The van der Waals surface area contributed by atoms with Crippen molar-refractivity contribution in [1.29, 1.82) is 0 Å². The van der Waals surface area contributed by atoms with E-state index < -0.39 is 18.5 Å². The van der Waals surface area contributed by atoms with Crippen LogP contribution in [0.25, 0.3) is 0 Å². The summed E-state index contributed by atoms with van der Waals surface area (Å²) in [5, 5.41) is 3.19. The Morgan fingerprint density at radius 1 is 1.29 bits per heavy atom. The summed E-state index contributed by atoms with van der Waals surface area (Å²) in [6.07, 6.45) is 3.18. The van der Waals surface area contributed by atoms with E-state index in [2.05, 4.69) is 5.32 Å². The Balaban J connectivity index is 1.79. The number of halogens is 1. The molecule has 0 aromatic heterocycles. The molecular formula is C17H21ClN2O4. The van der Waals surface area contributed by atoms with E-state index in [0.29, 0.717) is 23.7 Å². The lowest BCUT2D eigenvalue weighted by Gasteiger charge is -2.19. The number of benzene rings is 1. The highest BCUT2D eigenvalue weighted by molar-refractivity contribution is 6.31. The fourth-order valence-corrected chi connectivity index (χ4v) is 2.66. The second-order valence-corrected chi connectivity index (χ2v) is 6.15. The molecule has 0 unspecified atom stereocenters. The number of nitrogens with one attached hydrogen (secondary N) is 1. The molecule has 1 aromatic carbocycles. The van der Waals surface area contributed by atoms with Gasteiger partial charge in [0.2, 0.25) is 5.91 Å². The smallest absolute Gasteiger partial charge is 0.326 e. The highest BCUT2D eigenvalue weighted by Gasteiger charge is 2.20. The summed E-state index contributed by atoms with van der Waals surface area (Å²) in [6, 6.07) is 5.17. The van der Waals surface area contributed by atoms with Crippen molar-refractivity contribution >= 4 is 35.1 Å². The standard InChI is InChI=1S/C17H21ClN2O4/c1-12-13(18)6-5-7-14(12)19-15(21)11-24-17(23)10-20-9-4-2-3-8-16(20)22/h5-7H,2-4,8-11H2,1H3,(H,19,21). The van der Waals surface area contributed by atoms with E-state index in [4.69, 9.17) is 16.3 Å². The predicted octanol–water partition coefficient (Wildman–Crippen LogP) is 2.53. The molecule has 1 aliphatic rings. The molecule has 0 radical (unpaired) electrons. The van der Waals surface area contributed by atoms with Crippen LogP contribution in [0.3, 0.4) is 0 Å². The monoisotopic (exact) mass is 352 g/mol. The maximum Gasteiger partial charge on any atom is 0.326 e. The van der Waals surface area contributed by atoms with Crippen molar-refractivity contribution in [3.05, 3.63) is 28.8 Å². The van der Waals surface area contributed by atoms with Crippen molar-refractivity contribution in [1.82, 2.24) is 4.90 Å². The third-order valence-electron chi connectivity index (χ3n) is 3.90. The summed E-state index contributed by atoms with van der Waals surface area (Å²) in [4.78, 5) is 37.0. The first-order chi connectivity index (χ1) is 11.5. The van der Waals surface area contributed by atoms with Gasteiger partial charge in [0.1, 0.15) is 6.54 Å². The molecule has 2 amide bonds. The normalized spacial score (nSPS) is 14.9. The topological polar surface area (TPSA) is 75.7 Å². The summed E-state index contributed by atoms with van der Waals surface area (Å²) in [7, 11) is 0. The van der Waals surface area contributed by atoms with Crippen LogP contribution in [0, 0.1) is 6.92 Å². The van der Waals surface area contributed by atoms with Gasteiger partial charge in [-0.25, -0.2) is 0 Å². The molecule has 1 saturated heterocycles. The van der Waals surface area contributed by atoms with Crippen molar-refractivity contribution in [2.45, 2.75) is 32.6 Å². The van der Waals surface area contributed by atoms with E-state index in [1.54, 1.807) is 25.1 Å². The lowest BCUT2D eigenvalue weighted by molar-refractivity contribution is -0.151. The molecule has 1 aromatic rings. The maximum atomic E-state index is 11.9. The SMILES string of the molecule is Cc1c(Cl)cccc1NC(=O)COC(=O)CN1CCCCCC1=O. The number of carbonyl (C=O) groups is 3. The third-order valence-corrected chi connectivity index (χ3v) is 4.31. The Labute approximate surface area is 146 Å². The van der Waals surface area contributed by atoms with Crippen LogP contribution in [0.5, 0.6) is 0 Å². The molecule has 0 atom stereocenters. The van der Waals surface area contributed by atoms with Gasteiger partial charge >= 0.3 is 5.97 Å². The van der Waals surface area contributed by atoms with Gasteiger partial charge in [-0.1, -0.05) is 24.1 Å². The number of hydrogen-bond acceptors (Lipinski definition) is 4. The second kappa shape index (κ2) is 8.68. The highest BCUT2D eigenvalue weighted by atomic mass is 35.5.